The van der Waals surface area contributed by atoms with E-state index < -0.39 is 0 Å². The number of methoxy groups -OCH3 is 1. The van der Waals surface area contributed by atoms with Crippen LogP contribution in [0.3, 0.4) is 0 Å². The Bertz CT molecular complexity index is 371. The van der Waals surface area contributed by atoms with Crippen LogP contribution < -0.4 is 10.5 Å². The van der Waals surface area contributed by atoms with Crippen molar-refractivity contribution in [3.8, 4) is 5.75 Å². The molecule has 2 aliphatic rings. The summed E-state index contributed by atoms with van der Waals surface area (Å²) in [5, 5.41) is 0. The van der Waals surface area contributed by atoms with Gasteiger partial charge in [-0.15, -0.1) is 0 Å². The van der Waals surface area contributed by atoms with Crippen LogP contribution in [0, 0.1) is 11.8 Å². The van der Waals surface area contributed by atoms with E-state index in [0.29, 0.717) is 12.0 Å². The summed E-state index contributed by atoms with van der Waals surface area (Å²) in [5.74, 6) is 3.12. The molecule has 2 saturated carbocycles. The molecule has 0 unspecified atom stereocenters. The number of nitrogens with two attached hydrogens (primary N) is 1. The molecule has 86 valence electrons. The first-order valence-electron chi connectivity index (χ1n) is 6.19. The van der Waals surface area contributed by atoms with Crippen molar-refractivity contribution in [1.82, 2.24) is 0 Å². The number of ether oxygens (including phenoxy) is 1. The lowest BCUT2D eigenvalue weighted by Gasteiger charge is -2.28. The van der Waals surface area contributed by atoms with Gasteiger partial charge in [-0.25, -0.2) is 0 Å². The summed E-state index contributed by atoms with van der Waals surface area (Å²) in [6.45, 7) is 0. The van der Waals surface area contributed by atoms with Gasteiger partial charge in [-0.05, 0) is 48.8 Å². The molecule has 2 fully saturated rings. The second-order valence-corrected chi connectivity index (χ2v) is 5.21. The third-order valence-corrected chi connectivity index (χ3v) is 4.48. The van der Waals surface area contributed by atoms with Crippen LogP contribution in [-0.2, 0) is 0 Å². The van der Waals surface area contributed by atoms with E-state index in [4.69, 9.17) is 10.5 Å². The van der Waals surface area contributed by atoms with E-state index in [2.05, 4.69) is 12.1 Å². The molecule has 0 radical (unpaired) electrons. The maximum absolute atomic E-state index is 6.34. The molecule has 2 bridgehead atoms. The van der Waals surface area contributed by atoms with Gasteiger partial charge < -0.3 is 10.5 Å². The van der Waals surface area contributed by atoms with Crippen molar-refractivity contribution in [2.24, 2.45) is 17.6 Å². The highest BCUT2D eigenvalue weighted by Gasteiger charge is 2.46. The van der Waals surface area contributed by atoms with Crippen LogP contribution in [0.4, 0.5) is 0 Å². The van der Waals surface area contributed by atoms with Crippen LogP contribution in [-0.4, -0.2) is 13.2 Å². The lowest BCUT2D eigenvalue weighted by Crippen LogP contribution is -2.33. The Labute approximate surface area is 96.8 Å². The van der Waals surface area contributed by atoms with Crippen molar-refractivity contribution in [3.05, 3.63) is 29.8 Å². The number of benzene rings is 1. The number of fused-ring (bicyclic) bond motifs is 2. The van der Waals surface area contributed by atoms with Crippen LogP contribution in [0.5, 0.6) is 5.75 Å². The maximum atomic E-state index is 6.34. The smallest absolute Gasteiger partial charge is 0.118 e. The standard InChI is InChI=1S/C14H19NO/c1-16-12-6-4-9(5-7-12)13-10-2-3-11(8-10)14(13)15/h4-7,10-11,13-14H,2-3,8,15H2,1H3/t10-,11+,13-,14+/m1/s1. The van der Waals surface area contributed by atoms with Gasteiger partial charge in [0.2, 0.25) is 0 Å². The van der Waals surface area contributed by atoms with Gasteiger partial charge in [0.15, 0.2) is 0 Å². The average Bonchev–Trinajstić information content (AvgIpc) is 2.90. The number of rotatable bonds is 2. The van der Waals surface area contributed by atoms with Crippen LogP contribution in [0.2, 0.25) is 0 Å². The minimum atomic E-state index is 0.382. The molecule has 2 heteroatoms. The zero-order chi connectivity index (χ0) is 11.1. The topological polar surface area (TPSA) is 35.2 Å². The van der Waals surface area contributed by atoms with E-state index in [1.54, 1.807) is 7.11 Å². The molecule has 4 atom stereocenters. The van der Waals surface area contributed by atoms with Gasteiger partial charge in [-0.2, -0.15) is 0 Å². The van der Waals surface area contributed by atoms with Gasteiger partial charge in [0.1, 0.15) is 5.75 Å². The lowest BCUT2D eigenvalue weighted by atomic mass is 9.80. The fourth-order valence-corrected chi connectivity index (χ4v) is 3.66. The van der Waals surface area contributed by atoms with E-state index in [0.717, 1.165) is 17.6 Å². The highest BCUT2D eigenvalue weighted by Crippen LogP contribution is 2.52. The van der Waals surface area contributed by atoms with Crippen molar-refractivity contribution in [2.45, 2.75) is 31.2 Å². The van der Waals surface area contributed by atoms with E-state index in [9.17, 15) is 0 Å². The number of hydrogen-bond acceptors (Lipinski definition) is 2. The minimum Gasteiger partial charge on any atom is -0.497 e. The first kappa shape index (κ1) is 10.2. The van der Waals surface area contributed by atoms with E-state index in [-0.39, 0.29) is 0 Å². The molecular weight excluding hydrogens is 198 g/mol. The highest BCUT2D eigenvalue weighted by molar-refractivity contribution is 5.32. The van der Waals surface area contributed by atoms with E-state index in [1.165, 1.54) is 24.8 Å². The van der Waals surface area contributed by atoms with Gasteiger partial charge in [-0.3, -0.25) is 0 Å². The van der Waals surface area contributed by atoms with Crippen molar-refractivity contribution in [2.75, 3.05) is 7.11 Å². The molecule has 2 N–H and O–H groups in total. The summed E-state index contributed by atoms with van der Waals surface area (Å²) in [6, 6.07) is 8.85. The molecule has 16 heavy (non-hydrogen) atoms. The SMILES string of the molecule is COc1ccc([C@@H]2[C@@H]3CC[C@@H](C3)[C@@H]2N)cc1. The van der Waals surface area contributed by atoms with Crippen LogP contribution in [0.1, 0.15) is 30.7 Å². The van der Waals surface area contributed by atoms with Crippen molar-refractivity contribution < 1.29 is 4.74 Å². The Morgan fingerprint density at radius 3 is 2.38 bits per heavy atom. The Balaban J connectivity index is 1.86. The first-order valence-corrected chi connectivity index (χ1v) is 6.19. The Morgan fingerprint density at radius 2 is 1.81 bits per heavy atom. The zero-order valence-corrected chi connectivity index (χ0v) is 9.73. The third kappa shape index (κ3) is 1.44. The quantitative estimate of drug-likeness (QED) is 0.826. The molecule has 0 aliphatic heterocycles. The van der Waals surface area contributed by atoms with Crippen LogP contribution in [0.25, 0.3) is 0 Å². The van der Waals surface area contributed by atoms with Gasteiger partial charge in [0.05, 0.1) is 7.11 Å². The summed E-state index contributed by atoms with van der Waals surface area (Å²) >= 11 is 0. The zero-order valence-electron chi connectivity index (χ0n) is 9.73. The molecule has 0 amide bonds. The molecule has 2 aliphatic carbocycles. The second kappa shape index (κ2) is 3.77. The fraction of sp³-hybridized carbons (Fsp3) is 0.571. The normalized spacial score (nSPS) is 36.6. The van der Waals surface area contributed by atoms with Gasteiger partial charge in [0, 0.05) is 12.0 Å². The molecule has 0 aromatic heterocycles. The molecule has 2 nitrogen and oxygen atoms in total. The molecular formula is C14H19NO. The summed E-state index contributed by atoms with van der Waals surface area (Å²) in [7, 11) is 1.71. The predicted octanol–water partition coefficient (Wildman–Crippen LogP) is 2.54. The van der Waals surface area contributed by atoms with Gasteiger partial charge in [-0.1, -0.05) is 12.1 Å². The second-order valence-electron chi connectivity index (χ2n) is 5.21. The Morgan fingerprint density at radius 1 is 1.12 bits per heavy atom. The maximum Gasteiger partial charge on any atom is 0.118 e. The molecule has 3 rings (SSSR count). The van der Waals surface area contributed by atoms with Gasteiger partial charge in [0.25, 0.3) is 0 Å². The highest BCUT2D eigenvalue weighted by atomic mass is 16.5. The average molecular weight is 217 g/mol. The first-order chi connectivity index (χ1) is 7.79. The summed E-state index contributed by atoms with van der Waals surface area (Å²) in [4.78, 5) is 0. The largest absolute Gasteiger partial charge is 0.497 e. The molecule has 1 aromatic carbocycles. The summed E-state index contributed by atoms with van der Waals surface area (Å²) in [5.41, 5.74) is 7.74. The Hall–Kier alpha value is -1.02. The summed E-state index contributed by atoms with van der Waals surface area (Å²) in [6.07, 6.45) is 4.06. The van der Waals surface area contributed by atoms with Crippen molar-refractivity contribution in [3.63, 3.8) is 0 Å². The lowest BCUT2D eigenvalue weighted by molar-refractivity contribution is 0.365. The van der Waals surface area contributed by atoms with Crippen molar-refractivity contribution in [1.29, 1.82) is 0 Å². The number of hydrogen-bond donors (Lipinski definition) is 1. The Kier molecular flexibility index (Phi) is 2.40. The molecule has 0 saturated heterocycles. The predicted molar refractivity (Wildman–Crippen MR) is 64.5 cm³/mol. The molecule has 1 aromatic rings. The third-order valence-electron chi connectivity index (χ3n) is 4.48. The van der Waals surface area contributed by atoms with E-state index >= 15 is 0 Å². The molecule has 0 heterocycles. The van der Waals surface area contributed by atoms with E-state index in [1.807, 2.05) is 12.1 Å². The minimum absolute atomic E-state index is 0.382. The van der Waals surface area contributed by atoms with Crippen LogP contribution in [0.15, 0.2) is 24.3 Å². The fourth-order valence-electron chi connectivity index (χ4n) is 3.66. The monoisotopic (exact) mass is 217 g/mol. The van der Waals surface area contributed by atoms with Crippen molar-refractivity contribution >= 4 is 0 Å². The van der Waals surface area contributed by atoms with Crippen LogP contribution >= 0.6 is 0 Å². The summed E-state index contributed by atoms with van der Waals surface area (Å²) < 4.78 is 5.19. The molecule has 0 spiro atoms. The van der Waals surface area contributed by atoms with Gasteiger partial charge >= 0.3 is 0 Å².